The van der Waals surface area contributed by atoms with Crippen molar-refractivity contribution in [3.05, 3.63) is 0 Å². The van der Waals surface area contributed by atoms with Crippen LogP contribution in [-0.4, -0.2) is 62.8 Å². The van der Waals surface area contributed by atoms with Gasteiger partial charge in [0.2, 0.25) is 5.91 Å². The Morgan fingerprint density at radius 3 is 2.85 bits per heavy atom. The molecule has 0 bridgehead atoms. The van der Waals surface area contributed by atoms with E-state index in [1.165, 1.54) is 12.8 Å². The van der Waals surface area contributed by atoms with Crippen molar-refractivity contribution < 1.29 is 9.53 Å². The van der Waals surface area contributed by atoms with Crippen molar-refractivity contribution in [3.63, 3.8) is 0 Å². The molecule has 0 saturated carbocycles. The van der Waals surface area contributed by atoms with Gasteiger partial charge < -0.3 is 15.4 Å². The molecule has 1 saturated heterocycles. The van der Waals surface area contributed by atoms with Gasteiger partial charge in [0.1, 0.15) is 0 Å². The van der Waals surface area contributed by atoms with Crippen molar-refractivity contribution in [3.8, 4) is 0 Å². The smallest absolute Gasteiger partial charge is 0.237 e. The van der Waals surface area contributed by atoms with Crippen LogP contribution in [0, 0.1) is 5.92 Å². The fraction of sp³-hybridized carbons (Fsp3) is 0.933. The molecule has 1 aliphatic heterocycles. The Morgan fingerprint density at radius 2 is 2.20 bits per heavy atom. The van der Waals surface area contributed by atoms with E-state index < -0.39 is 0 Å². The highest BCUT2D eigenvalue weighted by Gasteiger charge is 2.29. The third-order valence-corrected chi connectivity index (χ3v) is 4.26. The summed E-state index contributed by atoms with van der Waals surface area (Å²) in [6.07, 6.45) is 2.43. The molecule has 5 nitrogen and oxygen atoms in total. The second kappa shape index (κ2) is 9.32. The number of nitrogens with one attached hydrogen (secondary N) is 2. The number of nitrogens with zero attached hydrogens (tertiary/aromatic N) is 1. The minimum atomic E-state index is -0.0523. The maximum atomic E-state index is 12.1. The Kier molecular flexibility index (Phi) is 8.11. The molecule has 0 radical (unpaired) electrons. The van der Waals surface area contributed by atoms with E-state index in [1.807, 2.05) is 6.92 Å². The largest absolute Gasteiger partial charge is 0.383 e. The number of methoxy groups -OCH3 is 1. The lowest BCUT2D eigenvalue weighted by molar-refractivity contribution is -0.126. The lowest BCUT2D eigenvalue weighted by Crippen LogP contribution is -2.52. The van der Waals surface area contributed by atoms with E-state index in [4.69, 9.17) is 4.74 Å². The normalized spacial score (nSPS) is 23.3. The van der Waals surface area contributed by atoms with Gasteiger partial charge in [-0.3, -0.25) is 9.69 Å². The molecule has 0 aliphatic carbocycles. The topological polar surface area (TPSA) is 53.6 Å². The monoisotopic (exact) mass is 285 g/mol. The second-order valence-electron chi connectivity index (χ2n) is 5.70. The Bertz CT molecular complexity index is 286. The first kappa shape index (κ1) is 17.4. The van der Waals surface area contributed by atoms with E-state index in [0.717, 1.165) is 19.6 Å². The molecule has 1 rings (SSSR count). The van der Waals surface area contributed by atoms with Crippen molar-refractivity contribution in [2.75, 3.05) is 39.9 Å². The van der Waals surface area contributed by atoms with E-state index in [2.05, 4.69) is 29.4 Å². The van der Waals surface area contributed by atoms with Gasteiger partial charge in [-0.1, -0.05) is 6.92 Å². The highest BCUT2D eigenvalue weighted by atomic mass is 16.5. The molecule has 5 heteroatoms. The molecular weight excluding hydrogens is 254 g/mol. The Hall–Kier alpha value is -0.650. The van der Waals surface area contributed by atoms with Crippen LogP contribution >= 0.6 is 0 Å². The summed E-state index contributed by atoms with van der Waals surface area (Å²) in [4.78, 5) is 14.4. The van der Waals surface area contributed by atoms with Crippen LogP contribution in [0.2, 0.25) is 0 Å². The second-order valence-corrected chi connectivity index (χ2v) is 5.70. The molecule has 0 spiro atoms. The quantitative estimate of drug-likeness (QED) is 0.649. The first-order chi connectivity index (χ1) is 9.60. The van der Waals surface area contributed by atoms with Gasteiger partial charge in [-0.05, 0) is 45.7 Å². The molecule has 0 aromatic carbocycles. The van der Waals surface area contributed by atoms with E-state index >= 15 is 0 Å². The molecule has 20 heavy (non-hydrogen) atoms. The first-order valence-corrected chi connectivity index (χ1v) is 7.84. The van der Waals surface area contributed by atoms with Gasteiger partial charge in [0.25, 0.3) is 0 Å². The van der Waals surface area contributed by atoms with E-state index in [9.17, 15) is 4.79 Å². The predicted octanol–water partition coefficient (Wildman–Crippen LogP) is 0.848. The van der Waals surface area contributed by atoms with Crippen LogP contribution in [0.25, 0.3) is 0 Å². The molecule has 1 amide bonds. The van der Waals surface area contributed by atoms with Gasteiger partial charge in [-0.2, -0.15) is 0 Å². The molecule has 1 fully saturated rings. The van der Waals surface area contributed by atoms with Crippen LogP contribution in [0.5, 0.6) is 0 Å². The Morgan fingerprint density at radius 1 is 1.45 bits per heavy atom. The maximum Gasteiger partial charge on any atom is 0.237 e. The average Bonchev–Trinajstić information content (AvgIpc) is 2.47. The molecule has 2 N–H and O–H groups in total. The number of ether oxygens (including phenoxy) is 1. The number of rotatable bonds is 8. The molecule has 1 aliphatic rings. The summed E-state index contributed by atoms with van der Waals surface area (Å²) >= 11 is 0. The van der Waals surface area contributed by atoms with Crippen LogP contribution in [0.3, 0.4) is 0 Å². The average molecular weight is 285 g/mol. The van der Waals surface area contributed by atoms with Crippen LogP contribution in [0.15, 0.2) is 0 Å². The standard InChI is InChI=1S/C15H31N3O2/c1-5-16-12(2)14-7-6-9-18(11-14)13(3)15(19)17-8-10-20-4/h12-14,16H,5-11H2,1-4H3,(H,17,19). The molecule has 3 atom stereocenters. The summed E-state index contributed by atoms with van der Waals surface area (Å²) in [5.41, 5.74) is 0. The maximum absolute atomic E-state index is 12.1. The summed E-state index contributed by atoms with van der Waals surface area (Å²) in [7, 11) is 1.65. The van der Waals surface area contributed by atoms with Gasteiger partial charge in [0, 0.05) is 26.2 Å². The zero-order valence-corrected chi connectivity index (χ0v) is 13.4. The van der Waals surface area contributed by atoms with Crippen molar-refractivity contribution >= 4 is 5.91 Å². The summed E-state index contributed by atoms with van der Waals surface area (Å²) in [5.74, 6) is 0.747. The number of carbonyl (C=O) groups is 1. The fourth-order valence-corrected chi connectivity index (χ4v) is 2.88. The van der Waals surface area contributed by atoms with Gasteiger partial charge in [0.15, 0.2) is 0 Å². The third-order valence-electron chi connectivity index (χ3n) is 4.26. The van der Waals surface area contributed by atoms with Crippen molar-refractivity contribution in [2.24, 2.45) is 5.92 Å². The van der Waals surface area contributed by atoms with Crippen molar-refractivity contribution in [1.82, 2.24) is 15.5 Å². The van der Waals surface area contributed by atoms with E-state index in [-0.39, 0.29) is 11.9 Å². The molecule has 0 aromatic rings. The number of hydrogen-bond donors (Lipinski definition) is 2. The number of carbonyl (C=O) groups excluding carboxylic acids is 1. The van der Waals surface area contributed by atoms with E-state index in [1.54, 1.807) is 7.11 Å². The highest BCUT2D eigenvalue weighted by Crippen LogP contribution is 2.21. The third kappa shape index (κ3) is 5.38. The summed E-state index contributed by atoms with van der Waals surface area (Å²) in [6.45, 7) is 10.6. The van der Waals surface area contributed by atoms with Gasteiger partial charge in [0.05, 0.1) is 12.6 Å². The number of hydrogen-bond acceptors (Lipinski definition) is 4. The Labute approximate surface area is 123 Å². The zero-order chi connectivity index (χ0) is 15.0. The summed E-state index contributed by atoms with van der Waals surface area (Å²) in [5, 5.41) is 6.43. The van der Waals surface area contributed by atoms with Gasteiger partial charge in [-0.25, -0.2) is 0 Å². The van der Waals surface area contributed by atoms with E-state index in [0.29, 0.717) is 25.1 Å². The Balaban J connectivity index is 2.42. The van der Waals surface area contributed by atoms with Crippen LogP contribution in [0.4, 0.5) is 0 Å². The number of likely N-dealkylation sites (tertiary alicyclic amines) is 1. The number of amides is 1. The number of piperidine rings is 1. The molecular formula is C15H31N3O2. The SMILES string of the molecule is CCNC(C)C1CCCN(C(C)C(=O)NCCOC)C1. The summed E-state index contributed by atoms with van der Waals surface area (Å²) in [6, 6.07) is 0.468. The minimum absolute atomic E-state index is 0.0523. The van der Waals surface area contributed by atoms with Crippen LogP contribution < -0.4 is 10.6 Å². The van der Waals surface area contributed by atoms with Crippen LogP contribution in [0.1, 0.15) is 33.6 Å². The predicted molar refractivity (Wildman–Crippen MR) is 81.8 cm³/mol. The molecule has 1 heterocycles. The lowest BCUT2D eigenvalue weighted by Gasteiger charge is -2.38. The molecule has 118 valence electrons. The van der Waals surface area contributed by atoms with Crippen molar-refractivity contribution in [2.45, 2.75) is 45.7 Å². The van der Waals surface area contributed by atoms with Gasteiger partial charge >= 0.3 is 0 Å². The zero-order valence-electron chi connectivity index (χ0n) is 13.4. The molecule has 0 aromatic heterocycles. The van der Waals surface area contributed by atoms with Crippen molar-refractivity contribution in [1.29, 1.82) is 0 Å². The fourth-order valence-electron chi connectivity index (χ4n) is 2.88. The first-order valence-electron chi connectivity index (χ1n) is 7.84. The molecule has 3 unspecified atom stereocenters. The highest BCUT2D eigenvalue weighted by molar-refractivity contribution is 5.81. The van der Waals surface area contributed by atoms with Gasteiger partial charge in [-0.15, -0.1) is 0 Å². The van der Waals surface area contributed by atoms with Crippen LogP contribution in [-0.2, 0) is 9.53 Å². The lowest BCUT2D eigenvalue weighted by atomic mass is 9.90. The minimum Gasteiger partial charge on any atom is -0.383 e. The summed E-state index contributed by atoms with van der Waals surface area (Å²) < 4.78 is 4.96.